The second-order valence-electron chi connectivity index (χ2n) is 10.7. The van der Waals surface area contributed by atoms with Crippen LogP contribution in [0.2, 0.25) is 0 Å². The molecule has 11 heteroatoms. The summed E-state index contributed by atoms with van der Waals surface area (Å²) in [6.45, 7) is 4.98. The second-order valence-corrected chi connectivity index (χ2v) is 12.1. The summed E-state index contributed by atoms with van der Waals surface area (Å²) in [7, 11) is 3.71. The van der Waals surface area contributed by atoms with Crippen molar-refractivity contribution in [2.45, 2.75) is 74.0 Å². The Kier molecular flexibility index (Phi) is 7.69. The Hall–Kier alpha value is -0.950. The average molecular weight is 496 g/mol. The largest absolute Gasteiger partial charge is 0.381 e. The highest BCUT2D eigenvalue weighted by atomic mass is 32.2. The van der Waals surface area contributed by atoms with Crippen LogP contribution in [0, 0.1) is 17.8 Å². The molecule has 5 fully saturated rings. The normalized spacial score (nSPS) is 43.1. The number of likely N-dealkylation sites (N-methyl/N-ethyl adjacent to an activating group) is 1. The summed E-state index contributed by atoms with van der Waals surface area (Å²) in [4.78, 5) is 28.3. The number of hydrazine groups is 2. The summed E-state index contributed by atoms with van der Waals surface area (Å²) < 4.78 is 5.87. The molecule has 5 aliphatic rings. The van der Waals surface area contributed by atoms with Gasteiger partial charge in [0.25, 0.3) is 0 Å². The topological polar surface area (TPSA) is 110 Å². The first kappa shape index (κ1) is 24.7. The van der Waals surface area contributed by atoms with Crippen LogP contribution in [0.15, 0.2) is 0 Å². The van der Waals surface area contributed by atoms with Gasteiger partial charge in [-0.15, -0.1) is 11.8 Å². The van der Waals surface area contributed by atoms with E-state index in [0.29, 0.717) is 36.2 Å². The van der Waals surface area contributed by atoms with Gasteiger partial charge in [0.15, 0.2) is 0 Å². The molecule has 1 saturated carbocycles. The molecular weight excluding hydrogens is 454 g/mol. The van der Waals surface area contributed by atoms with E-state index in [0.717, 1.165) is 32.4 Å². The lowest BCUT2D eigenvalue weighted by molar-refractivity contribution is -0.135. The quantitative estimate of drug-likeness (QED) is 0.343. The fourth-order valence-corrected chi connectivity index (χ4v) is 8.13. The minimum Gasteiger partial charge on any atom is -0.381 e. The van der Waals surface area contributed by atoms with Crippen molar-refractivity contribution in [1.29, 1.82) is 0 Å². The van der Waals surface area contributed by atoms with E-state index in [4.69, 9.17) is 4.74 Å². The number of thioether (sulfide) groups is 1. The van der Waals surface area contributed by atoms with Crippen molar-refractivity contribution in [3.8, 4) is 0 Å². The summed E-state index contributed by atoms with van der Waals surface area (Å²) in [6.07, 6.45) is 6.02. The fraction of sp³-hybridized carbons (Fsp3) is 0.913. The number of likely N-dealkylation sites (tertiary alicyclic amines) is 1. The van der Waals surface area contributed by atoms with E-state index in [1.807, 2.05) is 24.1 Å². The molecule has 1 aliphatic carbocycles. The van der Waals surface area contributed by atoms with E-state index in [9.17, 15) is 9.59 Å². The number of amides is 2. The Balaban J connectivity index is 1.16. The van der Waals surface area contributed by atoms with Crippen LogP contribution < -0.4 is 26.9 Å². The lowest BCUT2D eigenvalue weighted by atomic mass is 9.68. The van der Waals surface area contributed by atoms with Gasteiger partial charge < -0.3 is 20.3 Å². The number of methoxy groups -OCH3 is 1. The van der Waals surface area contributed by atoms with Gasteiger partial charge in [-0.2, -0.15) is 5.53 Å². The molecule has 5 N–H and O–H groups in total. The molecule has 0 aromatic carbocycles. The maximum absolute atomic E-state index is 13.5. The molecule has 0 spiro atoms. The molecule has 0 aromatic rings. The molecule has 9 atom stereocenters. The minimum atomic E-state index is -0.173. The number of ether oxygens (including phenoxy) is 1. The van der Waals surface area contributed by atoms with Gasteiger partial charge >= 0.3 is 0 Å². The highest BCUT2D eigenvalue weighted by Gasteiger charge is 2.47. The third-order valence-corrected chi connectivity index (χ3v) is 9.96. The van der Waals surface area contributed by atoms with Gasteiger partial charge in [-0.1, -0.05) is 12.8 Å². The molecule has 5 rings (SSSR count). The number of carbonyl (C=O) groups is 2. The molecule has 0 bridgehead atoms. The Bertz CT molecular complexity index is 746. The maximum Gasteiger partial charge on any atom is 0.242 e. The number of fused-ring (bicyclic) bond motifs is 1. The number of hydrogen-bond acceptors (Lipinski definition) is 9. The summed E-state index contributed by atoms with van der Waals surface area (Å²) >= 11 is 1.75. The zero-order valence-corrected chi connectivity index (χ0v) is 21.4. The third-order valence-electron chi connectivity index (χ3n) is 8.60. The molecule has 4 heterocycles. The predicted octanol–water partition coefficient (Wildman–Crippen LogP) is -0.555. The van der Waals surface area contributed by atoms with Gasteiger partial charge in [0.1, 0.15) is 11.5 Å². The number of hydrogen-bond donors (Lipinski definition) is 5. The van der Waals surface area contributed by atoms with E-state index < -0.39 is 0 Å². The smallest absolute Gasteiger partial charge is 0.242 e. The first-order chi connectivity index (χ1) is 16.4. The number of rotatable bonds is 5. The number of nitrogens with zero attached hydrogens (tertiary/aromatic N) is 2. The highest BCUT2D eigenvalue weighted by molar-refractivity contribution is 8.00. The van der Waals surface area contributed by atoms with E-state index in [2.05, 4.69) is 33.8 Å². The van der Waals surface area contributed by atoms with E-state index in [-0.39, 0.29) is 41.4 Å². The van der Waals surface area contributed by atoms with E-state index in [1.54, 1.807) is 11.8 Å². The van der Waals surface area contributed by atoms with Crippen LogP contribution in [0.4, 0.5) is 0 Å². The lowest BCUT2D eigenvalue weighted by Gasteiger charge is -2.44. The van der Waals surface area contributed by atoms with Crippen molar-refractivity contribution < 1.29 is 14.3 Å². The Morgan fingerprint density at radius 2 is 1.94 bits per heavy atom. The Morgan fingerprint density at radius 1 is 1.12 bits per heavy atom. The molecule has 34 heavy (non-hydrogen) atoms. The molecule has 0 aromatic heterocycles. The standard InChI is InChI=1S/C23H41N7O3S/c1-13-8-15(14-6-4-5-7-19(14)33-3)16(9-24-13)21(31)27-23-26-17-11-30(12-20(17)34-23)22(32)18-10-25-28-29(18)2/h13-20,23-26,28H,4-12H2,1-3H3,(H,27,31). The minimum absolute atomic E-state index is 0.0317. The monoisotopic (exact) mass is 495 g/mol. The van der Waals surface area contributed by atoms with Crippen molar-refractivity contribution >= 4 is 23.6 Å². The Labute approximate surface area is 207 Å². The van der Waals surface area contributed by atoms with Crippen LogP contribution in [-0.4, -0.2) is 97.0 Å². The van der Waals surface area contributed by atoms with Crippen molar-refractivity contribution in [2.75, 3.05) is 40.3 Å². The summed E-state index contributed by atoms with van der Waals surface area (Å²) in [5.41, 5.74) is 5.90. The third kappa shape index (κ3) is 4.98. The van der Waals surface area contributed by atoms with Crippen molar-refractivity contribution in [2.24, 2.45) is 17.8 Å². The number of carbonyl (C=O) groups excluding carboxylic acids is 2. The van der Waals surface area contributed by atoms with Gasteiger partial charge in [0, 0.05) is 57.7 Å². The summed E-state index contributed by atoms with van der Waals surface area (Å²) in [5, 5.41) is 12.6. The average Bonchev–Trinajstić information content (AvgIpc) is 3.53. The van der Waals surface area contributed by atoms with Crippen LogP contribution >= 0.6 is 11.8 Å². The molecule has 2 amide bonds. The van der Waals surface area contributed by atoms with Crippen LogP contribution in [0.5, 0.6) is 0 Å². The molecule has 0 radical (unpaired) electrons. The van der Waals surface area contributed by atoms with Crippen LogP contribution in [-0.2, 0) is 14.3 Å². The summed E-state index contributed by atoms with van der Waals surface area (Å²) in [5.74, 6) is 1.08. The number of piperidine rings is 1. The van der Waals surface area contributed by atoms with Crippen molar-refractivity contribution in [3.63, 3.8) is 0 Å². The van der Waals surface area contributed by atoms with Gasteiger partial charge in [-0.05, 0) is 38.0 Å². The highest BCUT2D eigenvalue weighted by Crippen LogP contribution is 2.40. The molecule has 9 unspecified atom stereocenters. The van der Waals surface area contributed by atoms with Crippen LogP contribution in [0.25, 0.3) is 0 Å². The summed E-state index contributed by atoms with van der Waals surface area (Å²) in [6, 6.07) is 0.469. The molecular formula is C23H41N7O3S. The predicted molar refractivity (Wildman–Crippen MR) is 131 cm³/mol. The zero-order valence-electron chi connectivity index (χ0n) is 20.6. The first-order valence-electron chi connectivity index (χ1n) is 12.9. The van der Waals surface area contributed by atoms with Gasteiger partial charge in [-0.3, -0.25) is 14.9 Å². The van der Waals surface area contributed by atoms with Crippen LogP contribution in [0.3, 0.4) is 0 Å². The van der Waals surface area contributed by atoms with Gasteiger partial charge in [-0.25, -0.2) is 10.4 Å². The van der Waals surface area contributed by atoms with Crippen molar-refractivity contribution in [3.05, 3.63) is 0 Å². The number of nitrogens with one attached hydrogen (secondary N) is 5. The zero-order chi connectivity index (χ0) is 23.8. The molecule has 192 valence electrons. The molecule has 4 saturated heterocycles. The first-order valence-corrected chi connectivity index (χ1v) is 13.9. The van der Waals surface area contributed by atoms with Crippen molar-refractivity contribution in [1.82, 2.24) is 36.8 Å². The Morgan fingerprint density at radius 3 is 2.68 bits per heavy atom. The van der Waals surface area contributed by atoms with Crippen LogP contribution in [0.1, 0.15) is 39.0 Å². The molecule has 10 nitrogen and oxygen atoms in total. The van der Waals surface area contributed by atoms with E-state index in [1.165, 1.54) is 12.8 Å². The molecule has 4 aliphatic heterocycles. The lowest BCUT2D eigenvalue weighted by Crippen LogP contribution is -2.55. The van der Waals surface area contributed by atoms with Gasteiger partial charge in [0.2, 0.25) is 11.8 Å². The SMILES string of the molecule is COC1CCCCC1C1CC(C)NCC1C(=O)NC1NC2CN(C(=O)C3CNNN3C)CC2S1. The second kappa shape index (κ2) is 10.6. The maximum atomic E-state index is 13.5. The van der Waals surface area contributed by atoms with E-state index >= 15 is 0 Å². The van der Waals surface area contributed by atoms with Gasteiger partial charge in [0.05, 0.1) is 12.0 Å². The fourth-order valence-electron chi connectivity index (χ4n) is 6.72.